The molecule has 7 heteroatoms. The summed E-state index contributed by atoms with van der Waals surface area (Å²) >= 11 is 3.26. The molecule has 0 aromatic heterocycles. The first-order chi connectivity index (χ1) is 9.71. The van der Waals surface area contributed by atoms with Crippen LogP contribution in [-0.2, 0) is 10.0 Å². The molecule has 0 bridgehead atoms. The lowest BCUT2D eigenvalue weighted by atomic mass is 10.0. The van der Waals surface area contributed by atoms with E-state index in [-0.39, 0.29) is 16.8 Å². The maximum atomic E-state index is 12.7. The molecule has 0 saturated carbocycles. The van der Waals surface area contributed by atoms with Gasteiger partial charge >= 0.3 is 0 Å². The molecule has 0 radical (unpaired) electrons. The predicted molar refractivity (Wildman–Crippen MR) is 84.6 cm³/mol. The van der Waals surface area contributed by atoms with E-state index >= 15 is 0 Å². The molecule has 1 heterocycles. The number of benzene rings is 1. The number of primary sulfonamides is 1. The topological polar surface area (TPSA) is 80.5 Å². The fraction of sp³-hybridized carbons (Fsp3) is 0.500. The van der Waals surface area contributed by atoms with Crippen molar-refractivity contribution in [3.63, 3.8) is 0 Å². The van der Waals surface area contributed by atoms with Crippen molar-refractivity contribution in [3.05, 3.63) is 27.7 Å². The Morgan fingerprint density at radius 3 is 2.62 bits per heavy atom. The smallest absolute Gasteiger partial charge is 0.254 e. The molecule has 0 aliphatic carbocycles. The van der Waals surface area contributed by atoms with E-state index in [0.29, 0.717) is 22.1 Å². The molecule has 1 aliphatic rings. The van der Waals surface area contributed by atoms with Crippen LogP contribution in [0.2, 0.25) is 0 Å². The number of hydrogen-bond donors (Lipinski definition) is 1. The van der Waals surface area contributed by atoms with Gasteiger partial charge in [-0.25, -0.2) is 13.6 Å². The van der Waals surface area contributed by atoms with E-state index in [1.165, 1.54) is 6.07 Å². The van der Waals surface area contributed by atoms with E-state index in [4.69, 9.17) is 5.14 Å². The lowest BCUT2D eigenvalue weighted by molar-refractivity contribution is 0.0634. The van der Waals surface area contributed by atoms with Gasteiger partial charge in [0.05, 0.1) is 4.90 Å². The molecule has 0 spiro atoms. The molecule has 1 aliphatic heterocycles. The highest BCUT2D eigenvalue weighted by atomic mass is 79.9. The average molecular weight is 375 g/mol. The number of halogens is 1. The number of rotatable bonds is 2. The van der Waals surface area contributed by atoms with E-state index in [9.17, 15) is 13.2 Å². The number of nitrogens with zero attached hydrogens (tertiary/aromatic N) is 1. The molecule has 1 saturated heterocycles. The summed E-state index contributed by atoms with van der Waals surface area (Å²) < 4.78 is 23.8. The quantitative estimate of drug-likeness (QED) is 0.862. The molecule has 1 fully saturated rings. The van der Waals surface area contributed by atoms with Gasteiger partial charge in [-0.1, -0.05) is 15.9 Å². The van der Waals surface area contributed by atoms with Crippen LogP contribution in [0.3, 0.4) is 0 Å². The molecule has 116 valence electrons. The van der Waals surface area contributed by atoms with Crippen LogP contribution in [0.1, 0.15) is 42.1 Å². The minimum absolute atomic E-state index is 0.00936. The van der Waals surface area contributed by atoms with E-state index in [2.05, 4.69) is 15.9 Å². The summed E-state index contributed by atoms with van der Waals surface area (Å²) in [6.07, 6.45) is 3.07. The molecule has 2 rings (SSSR count). The zero-order valence-corrected chi connectivity index (χ0v) is 14.5. The normalized spacial score (nSPS) is 19.6. The van der Waals surface area contributed by atoms with Gasteiger partial charge in [0.1, 0.15) is 0 Å². The van der Waals surface area contributed by atoms with E-state index < -0.39 is 10.0 Å². The van der Waals surface area contributed by atoms with Crippen molar-refractivity contribution in [2.24, 2.45) is 5.14 Å². The van der Waals surface area contributed by atoms with Crippen LogP contribution in [-0.4, -0.2) is 31.8 Å². The van der Waals surface area contributed by atoms with Crippen LogP contribution in [0.15, 0.2) is 21.5 Å². The fourth-order valence-electron chi connectivity index (χ4n) is 2.73. The number of hydrogen-bond acceptors (Lipinski definition) is 3. The molecular formula is C14H19BrN2O3S. The summed E-state index contributed by atoms with van der Waals surface area (Å²) in [4.78, 5) is 14.5. The highest BCUT2D eigenvalue weighted by Crippen LogP contribution is 2.27. The van der Waals surface area contributed by atoms with Crippen molar-refractivity contribution in [2.45, 2.75) is 44.0 Å². The largest absolute Gasteiger partial charge is 0.336 e. The monoisotopic (exact) mass is 374 g/mol. The second-order valence-corrected chi connectivity index (χ2v) is 7.91. The third kappa shape index (κ3) is 3.46. The number of likely N-dealkylation sites (tertiary alicyclic amines) is 1. The second-order valence-electron chi connectivity index (χ2n) is 5.46. The van der Waals surface area contributed by atoms with Crippen molar-refractivity contribution in [3.8, 4) is 0 Å². The van der Waals surface area contributed by atoms with E-state index in [1.807, 2.05) is 11.8 Å². The zero-order chi connectivity index (χ0) is 15.8. The Morgan fingerprint density at radius 1 is 1.38 bits per heavy atom. The summed E-state index contributed by atoms with van der Waals surface area (Å²) in [5, 5.41) is 5.23. The van der Waals surface area contributed by atoms with Crippen LogP contribution in [0.25, 0.3) is 0 Å². The maximum Gasteiger partial charge on any atom is 0.254 e. The Morgan fingerprint density at radius 2 is 2.05 bits per heavy atom. The summed E-state index contributed by atoms with van der Waals surface area (Å²) in [6.45, 7) is 4.34. The minimum atomic E-state index is -3.86. The number of amides is 1. The lowest BCUT2D eigenvalue weighted by Crippen LogP contribution is -2.42. The lowest BCUT2D eigenvalue weighted by Gasteiger charge is -2.34. The molecule has 1 amide bonds. The van der Waals surface area contributed by atoms with Crippen LogP contribution >= 0.6 is 15.9 Å². The number of carbonyl (C=O) groups is 1. The number of carbonyl (C=O) groups excluding carboxylic acids is 1. The number of nitrogens with two attached hydrogens (primary N) is 1. The standard InChI is InChI=1S/C14H19BrN2O3S/c1-9-5-3-4-6-17(9)14(18)12-7-11(15)8-13(10(12)2)21(16,19)20/h7-9H,3-6H2,1-2H3,(H2,16,19,20). The first-order valence-corrected chi connectivity index (χ1v) is 9.19. The average Bonchev–Trinajstić information content (AvgIpc) is 2.39. The summed E-state index contributed by atoms with van der Waals surface area (Å²) in [6, 6.07) is 3.26. The van der Waals surface area contributed by atoms with Crippen molar-refractivity contribution in [1.29, 1.82) is 0 Å². The van der Waals surface area contributed by atoms with Gasteiger partial charge in [0.15, 0.2) is 0 Å². The van der Waals surface area contributed by atoms with Crippen molar-refractivity contribution < 1.29 is 13.2 Å². The molecule has 1 aromatic rings. The van der Waals surface area contributed by atoms with Crippen LogP contribution in [0.5, 0.6) is 0 Å². The molecule has 1 atom stereocenters. The Bertz CT molecular complexity index is 673. The Hall–Kier alpha value is -0.920. The van der Waals surface area contributed by atoms with Crippen molar-refractivity contribution in [2.75, 3.05) is 6.54 Å². The van der Waals surface area contributed by atoms with E-state index in [0.717, 1.165) is 19.3 Å². The Kier molecular flexibility index (Phi) is 4.75. The highest BCUT2D eigenvalue weighted by molar-refractivity contribution is 9.10. The number of piperidine rings is 1. The maximum absolute atomic E-state index is 12.7. The van der Waals surface area contributed by atoms with E-state index in [1.54, 1.807) is 13.0 Å². The van der Waals surface area contributed by atoms with Gasteiger partial charge in [-0.3, -0.25) is 4.79 Å². The van der Waals surface area contributed by atoms with Crippen molar-refractivity contribution in [1.82, 2.24) is 4.90 Å². The Balaban J connectivity index is 2.49. The summed E-state index contributed by atoms with van der Waals surface area (Å²) in [5.74, 6) is -0.133. The van der Waals surface area contributed by atoms with Crippen LogP contribution in [0, 0.1) is 6.92 Å². The molecule has 2 N–H and O–H groups in total. The predicted octanol–water partition coefficient (Wildman–Crippen LogP) is 2.42. The van der Waals surface area contributed by atoms with Gasteiger partial charge in [0.2, 0.25) is 10.0 Å². The molecule has 5 nitrogen and oxygen atoms in total. The SMILES string of the molecule is Cc1c(C(=O)N2CCCCC2C)cc(Br)cc1S(N)(=O)=O. The van der Waals surface area contributed by atoms with Crippen LogP contribution < -0.4 is 5.14 Å². The minimum Gasteiger partial charge on any atom is -0.336 e. The summed E-state index contributed by atoms with van der Waals surface area (Å²) in [7, 11) is -3.86. The van der Waals surface area contributed by atoms with Gasteiger partial charge < -0.3 is 4.90 Å². The third-order valence-corrected chi connectivity index (χ3v) is 5.42. The third-order valence-electron chi connectivity index (χ3n) is 3.93. The zero-order valence-electron chi connectivity index (χ0n) is 12.1. The molecular weight excluding hydrogens is 356 g/mol. The first kappa shape index (κ1) is 16.5. The summed E-state index contributed by atoms with van der Waals surface area (Å²) in [5.41, 5.74) is 0.797. The van der Waals surface area contributed by atoms with Gasteiger partial charge in [0.25, 0.3) is 5.91 Å². The molecule has 1 unspecified atom stereocenters. The molecule has 1 aromatic carbocycles. The van der Waals surface area contributed by atoms with Crippen LogP contribution in [0.4, 0.5) is 0 Å². The molecule has 21 heavy (non-hydrogen) atoms. The van der Waals surface area contributed by atoms with Gasteiger partial charge in [-0.2, -0.15) is 0 Å². The number of sulfonamides is 1. The van der Waals surface area contributed by atoms with Gasteiger partial charge in [-0.05, 0) is 50.8 Å². The van der Waals surface area contributed by atoms with Gasteiger partial charge in [0, 0.05) is 22.6 Å². The second kappa shape index (κ2) is 6.06. The van der Waals surface area contributed by atoms with Gasteiger partial charge in [-0.15, -0.1) is 0 Å². The Labute approximate surface area is 133 Å². The van der Waals surface area contributed by atoms with Crippen molar-refractivity contribution >= 4 is 31.9 Å². The fourth-order valence-corrected chi connectivity index (χ4v) is 4.16. The highest BCUT2D eigenvalue weighted by Gasteiger charge is 2.27. The first-order valence-electron chi connectivity index (χ1n) is 6.85.